The minimum Gasteiger partial charge on any atom is -0.396 e. The summed E-state index contributed by atoms with van der Waals surface area (Å²) in [6.07, 6.45) is 0. The molecule has 4 heteroatoms. The van der Waals surface area contributed by atoms with Crippen LogP contribution in [-0.4, -0.2) is 28.5 Å². The molecule has 13 heavy (non-hydrogen) atoms. The fourth-order valence-corrected chi connectivity index (χ4v) is 0.726. The summed E-state index contributed by atoms with van der Waals surface area (Å²) in [6.45, 7) is 7.92. The van der Waals surface area contributed by atoms with Gasteiger partial charge in [-0.2, -0.15) is 0 Å². The summed E-state index contributed by atoms with van der Waals surface area (Å²) in [4.78, 5) is 11.4. The van der Waals surface area contributed by atoms with Crippen LogP contribution in [0, 0.1) is 5.41 Å². The maximum absolute atomic E-state index is 11.4. The van der Waals surface area contributed by atoms with Crippen molar-refractivity contribution in [3.05, 3.63) is 0 Å². The topological polar surface area (TPSA) is 49.3 Å². The van der Waals surface area contributed by atoms with E-state index in [0.717, 1.165) is 0 Å². The third-order valence-corrected chi connectivity index (χ3v) is 2.06. The molecule has 0 heterocycles. The minimum absolute atomic E-state index is 0.0611. The van der Waals surface area contributed by atoms with Gasteiger partial charge in [0.05, 0.1) is 4.32 Å². The number of hydrogen-bond acceptors (Lipinski definition) is 2. The highest BCUT2D eigenvalue weighted by molar-refractivity contribution is 9.10. The Labute approximate surface area is 88.0 Å². The number of aliphatic hydroxyl groups is 1. The zero-order chi connectivity index (χ0) is 10.7. The summed E-state index contributed by atoms with van der Waals surface area (Å²) < 4.78 is -0.543. The molecule has 78 valence electrons. The molecule has 1 amide bonds. The highest BCUT2D eigenvalue weighted by Crippen LogP contribution is 2.17. The standard InChI is InChI=1S/C9H18BrNO2/c1-8(2,6-12)5-11-7(13)9(3,4)10/h12H,5-6H2,1-4H3,(H,11,13). The van der Waals surface area contributed by atoms with Crippen LogP contribution in [0.2, 0.25) is 0 Å². The van der Waals surface area contributed by atoms with Crippen LogP contribution < -0.4 is 5.32 Å². The first-order valence-electron chi connectivity index (χ1n) is 4.27. The predicted molar refractivity (Wildman–Crippen MR) is 56.9 cm³/mol. The molecular weight excluding hydrogens is 234 g/mol. The average Bonchev–Trinajstić information content (AvgIpc) is 1.98. The number of rotatable bonds is 4. The van der Waals surface area contributed by atoms with E-state index in [1.54, 1.807) is 13.8 Å². The van der Waals surface area contributed by atoms with E-state index in [1.807, 2.05) is 13.8 Å². The Kier molecular flexibility index (Phi) is 4.39. The van der Waals surface area contributed by atoms with Crippen molar-refractivity contribution in [2.75, 3.05) is 13.2 Å². The van der Waals surface area contributed by atoms with Crippen molar-refractivity contribution in [3.8, 4) is 0 Å². The van der Waals surface area contributed by atoms with Crippen molar-refractivity contribution in [3.63, 3.8) is 0 Å². The van der Waals surface area contributed by atoms with Crippen molar-refractivity contribution >= 4 is 21.8 Å². The third kappa shape index (κ3) is 5.26. The smallest absolute Gasteiger partial charge is 0.236 e. The van der Waals surface area contributed by atoms with Crippen molar-refractivity contribution in [2.24, 2.45) is 5.41 Å². The molecule has 0 spiro atoms. The summed E-state index contributed by atoms with van der Waals surface area (Å²) in [5.74, 6) is -0.0611. The first-order valence-corrected chi connectivity index (χ1v) is 5.06. The number of carbonyl (C=O) groups excluding carboxylic acids is 1. The number of alkyl halides is 1. The summed E-state index contributed by atoms with van der Waals surface area (Å²) in [5.41, 5.74) is -0.256. The van der Waals surface area contributed by atoms with Gasteiger partial charge in [0.2, 0.25) is 5.91 Å². The zero-order valence-corrected chi connectivity index (χ0v) is 10.2. The fraction of sp³-hybridized carbons (Fsp3) is 0.889. The van der Waals surface area contributed by atoms with Gasteiger partial charge in [0, 0.05) is 18.6 Å². The molecule has 0 aliphatic carbocycles. The van der Waals surface area contributed by atoms with Gasteiger partial charge in [0.25, 0.3) is 0 Å². The largest absolute Gasteiger partial charge is 0.396 e. The number of aliphatic hydroxyl groups excluding tert-OH is 1. The molecule has 0 aromatic carbocycles. The molecule has 0 bridgehead atoms. The monoisotopic (exact) mass is 251 g/mol. The van der Waals surface area contributed by atoms with Gasteiger partial charge in [-0.05, 0) is 13.8 Å². The van der Waals surface area contributed by atoms with Crippen LogP contribution in [0.4, 0.5) is 0 Å². The lowest BCUT2D eigenvalue weighted by Crippen LogP contribution is -2.43. The Hall–Kier alpha value is -0.0900. The van der Waals surface area contributed by atoms with Gasteiger partial charge in [-0.1, -0.05) is 29.8 Å². The number of hydrogen-bond donors (Lipinski definition) is 2. The minimum atomic E-state index is -0.543. The second-order valence-electron chi connectivity index (χ2n) is 4.48. The lowest BCUT2D eigenvalue weighted by molar-refractivity contribution is -0.123. The molecule has 2 N–H and O–H groups in total. The molecule has 0 fully saturated rings. The van der Waals surface area contributed by atoms with E-state index >= 15 is 0 Å². The second kappa shape index (κ2) is 4.42. The maximum Gasteiger partial charge on any atom is 0.236 e. The summed E-state index contributed by atoms with van der Waals surface area (Å²) in [7, 11) is 0. The van der Waals surface area contributed by atoms with Gasteiger partial charge in [0.1, 0.15) is 0 Å². The number of carbonyl (C=O) groups is 1. The van der Waals surface area contributed by atoms with Crippen molar-refractivity contribution < 1.29 is 9.90 Å². The lowest BCUT2D eigenvalue weighted by atomic mass is 9.95. The fourth-order valence-electron chi connectivity index (χ4n) is 0.586. The highest BCUT2D eigenvalue weighted by Gasteiger charge is 2.25. The van der Waals surface area contributed by atoms with Crippen LogP contribution in [0.5, 0.6) is 0 Å². The number of amides is 1. The van der Waals surface area contributed by atoms with Crippen molar-refractivity contribution in [2.45, 2.75) is 32.0 Å². The van der Waals surface area contributed by atoms with Gasteiger partial charge in [-0.3, -0.25) is 4.79 Å². The van der Waals surface area contributed by atoms with Crippen molar-refractivity contribution in [1.82, 2.24) is 5.32 Å². The molecule has 0 saturated carbocycles. The summed E-state index contributed by atoms with van der Waals surface area (Å²) in [6, 6.07) is 0. The molecular formula is C9H18BrNO2. The van der Waals surface area contributed by atoms with Crippen LogP contribution in [0.25, 0.3) is 0 Å². The zero-order valence-electron chi connectivity index (χ0n) is 8.65. The van der Waals surface area contributed by atoms with Crippen LogP contribution in [-0.2, 0) is 4.79 Å². The van der Waals surface area contributed by atoms with E-state index in [1.165, 1.54) is 0 Å². The number of nitrogens with one attached hydrogen (secondary N) is 1. The van der Waals surface area contributed by atoms with Crippen molar-refractivity contribution in [1.29, 1.82) is 0 Å². The number of halogens is 1. The molecule has 0 aromatic heterocycles. The van der Waals surface area contributed by atoms with E-state index in [2.05, 4.69) is 21.2 Å². The summed E-state index contributed by atoms with van der Waals surface area (Å²) >= 11 is 3.26. The first kappa shape index (κ1) is 12.9. The molecule has 0 atom stereocenters. The van der Waals surface area contributed by atoms with E-state index in [4.69, 9.17) is 5.11 Å². The molecule has 0 aliphatic rings. The van der Waals surface area contributed by atoms with E-state index < -0.39 is 4.32 Å². The second-order valence-corrected chi connectivity index (χ2v) is 6.46. The third-order valence-electron chi connectivity index (χ3n) is 1.70. The Morgan fingerprint density at radius 2 is 1.85 bits per heavy atom. The highest BCUT2D eigenvalue weighted by atomic mass is 79.9. The Morgan fingerprint density at radius 3 is 2.15 bits per heavy atom. The van der Waals surface area contributed by atoms with E-state index in [9.17, 15) is 4.79 Å². The molecule has 3 nitrogen and oxygen atoms in total. The quantitative estimate of drug-likeness (QED) is 0.741. The van der Waals surface area contributed by atoms with Crippen LogP contribution in [0.3, 0.4) is 0 Å². The Morgan fingerprint density at radius 1 is 1.38 bits per heavy atom. The van der Waals surface area contributed by atoms with Crippen LogP contribution in [0.1, 0.15) is 27.7 Å². The molecule has 0 radical (unpaired) electrons. The van der Waals surface area contributed by atoms with Crippen LogP contribution >= 0.6 is 15.9 Å². The van der Waals surface area contributed by atoms with Gasteiger partial charge in [-0.15, -0.1) is 0 Å². The molecule has 0 saturated heterocycles. The average molecular weight is 252 g/mol. The van der Waals surface area contributed by atoms with Gasteiger partial charge >= 0.3 is 0 Å². The van der Waals surface area contributed by atoms with E-state index in [-0.39, 0.29) is 17.9 Å². The Balaban J connectivity index is 3.98. The molecule has 0 unspecified atom stereocenters. The van der Waals surface area contributed by atoms with Gasteiger partial charge in [-0.25, -0.2) is 0 Å². The lowest BCUT2D eigenvalue weighted by Gasteiger charge is -2.24. The first-order chi connectivity index (χ1) is 5.69. The predicted octanol–water partition coefficient (Wildman–Crippen LogP) is 1.29. The summed E-state index contributed by atoms with van der Waals surface area (Å²) in [5, 5.41) is 11.7. The van der Waals surface area contributed by atoms with Crippen LogP contribution in [0.15, 0.2) is 0 Å². The molecule has 0 rings (SSSR count). The van der Waals surface area contributed by atoms with E-state index in [0.29, 0.717) is 6.54 Å². The molecule has 0 aliphatic heterocycles. The maximum atomic E-state index is 11.4. The van der Waals surface area contributed by atoms with Gasteiger partial charge in [0.15, 0.2) is 0 Å². The SMILES string of the molecule is CC(C)(CO)CNC(=O)C(C)(C)Br. The normalized spacial score (nSPS) is 12.8. The molecule has 0 aromatic rings. The Bertz CT molecular complexity index is 185. The van der Waals surface area contributed by atoms with Gasteiger partial charge < -0.3 is 10.4 Å².